The summed E-state index contributed by atoms with van der Waals surface area (Å²) in [6.45, 7) is 5.56. The normalized spacial score (nSPS) is 12.4. The van der Waals surface area contributed by atoms with Crippen molar-refractivity contribution in [1.82, 2.24) is 5.32 Å². The van der Waals surface area contributed by atoms with Crippen LogP contribution in [0.15, 0.2) is 48.5 Å². The minimum Gasteiger partial charge on any atom is -0.387 e. The van der Waals surface area contributed by atoms with Gasteiger partial charge in [0.15, 0.2) is 0 Å². The average molecular weight is 255 g/mol. The molecule has 100 valence electrons. The first-order valence-corrected chi connectivity index (χ1v) is 6.66. The van der Waals surface area contributed by atoms with Crippen LogP contribution in [0, 0.1) is 13.8 Å². The minimum absolute atomic E-state index is 0.452. The van der Waals surface area contributed by atoms with E-state index in [1.54, 1.807) is 0 Å². The number of benzene rings is 2. The molecule has 0 aliphatic heterocycles. The summed E-state index contributed by atoms with van der Waals surface area (Å²) < 4.78 is 0. The lowest BCUT2D eigenvalue weighted by Gasteiger charge is -2.12. The Hall–Kier alpha value is -1.64. The summed E-state index contributed by atoms with van der Waals surface area (Å²) in [7, 11) is 0. The third kappa shape index (κ3) is 4.19. The van der Waals surface area contributed by atoms with E-state index >= 15 is 0 Å². The van der Waals surface area contributed by atoms with Crippen molar-refractivity contribution < 1.29 is 5.11 Å². The molecule has 2 nitrogen and oxygen atoms in total. The largest absolute Gasteiger partial charge is 0.387 e. The average Bonchev–Trinajstić information content (AvgIpc) is 2.38. The van der Waals surface area contributed by atoms with Gasteiger partial charge in [-0.05, 0) is 25.0 Å². The first-order chi connectivity index (χ1) is 9.15. The van der Waals surface area contributed by atoms with Gasteiger partial charge in [-0.1, -0.05) is 59.7 Å². The lowest BCUT2D eigenvalue weighted by Crippen LogP contribution is -2.21. The van der Waals surface area contributed by atoms with Gasteiger partial charge in [-0.2, -0.15) is 0 Å². The van der Waals surface area contributed by atoms with Crippen molar-refractivity contribution in [2.24, 2.45) is 0 Å². The van der Waals surface area contributed by atoms with Crippen LogP contribution in [0.5, 0.6) is 0 Å². The van der Waals surface area contributed by atoms with Crippen LogP contribution in [0.4, 0.5) is 0 Å². The fraction of sp³-hybridized carbons (Fsp3) is 0.294. The van der Waals surface area contributed by atoms with E-state index in [4.69, 9.17) is 0 Å². The number of aryl methyl sites for hydroxylation is 2. The van der Waals surface area contributed by atoms with Gasteiger partial charge in [0, 0.05) is 13.1 Å². The fourth-order valence-electron chi connectivity index (χ4n) is 2.32. The lowest BCUT2D eigenvalue weighted by molar-refractivity contribution is 0.174. The Morgan fingerprint density at radius 1 is 1.00 bits per heavy atom. The Labute approximate surface area is 115 Å². The van der Waals surface area contributed by atoms with E-state index in [0.717, 1.165) is 12.1 Å². The number of hydrogen-bond donors (Lipinski definition) is 2. The highest BCUT2D eigenvalue weighted by Gasteiger charge is 2.05. The topological polar surface area (TPSA) is 32.3 Å². The number of rotatable bonds is 5. The molecular formula is C17H21NO. The molecule has 2 aromatic rings. The summed E-state index contributed by atoms with van der Waals surface area (Å²) in [4.78, 5) is 0. The molecule has 2 aromatic carbocycles. The quantitative estimate of drug-likeness (QED) is 0.860. The molecule has 0 fully saturated rings. The molecule has 0 radical (unpaired) electrons. The van der Waals surface area contributed by atoms with E-state index in [0.29, 0.717) is 6.54 Å². The summed E-state index contributed by atoms with van der Waals surface area (Å²) in [6.07, 6.45) is -0.452. The molecule has 0 spiro atoms. The lowest BCUT2D eigenvalue weighted by atomic mass is 10.1. The zero-order chi connectivity index (χ0) is 13.7. The molecular weight excluding hydrogens is 234 g/mol. The maximum atomic E-state index is 10.0. The molecule has 1 atom stereocenters. The van der Waals surface area contributed by atoms with E-state index in [1.807, 2.05) is 30.3 Å². The Bertz CT molecular complexity index is 502. The van der Waals surface area contributed by atoms with Crippen molar-refractivity contribution in [3.05, 3.63) is 70.8 Å². The van der Waals surface area contributed by atoms with Gasteiger partial charge in [0.05, 0.1) is 6.10 Å². The molecule has 0 heterocycles. The fourth-order valence-corrected chi connectivity index (χ4v) is 2.32. The Balaban J connectivity index is 1.86. The van der Waals surface area contributed by atoms with Crippen LogP contribution in [0.25, 0.3) is 0 Å². The maximum Gasteiger partial charge on any atom is 0.0914 e. The molecule has 2 N–H and O–H groups in total. The molecule has 0 saturated heterocycles. The molecule has 2 heteroatoms. The second-order valence-electron chi connectivity index (χ2n) is 5.05. The first kappa shape index (κ1) is 13.8. The van der Waals surface area contributed by atoms with Crippen molar-refractivity contribution in [2.45, 2.75) is 26.5 Å². The number of aliphatic hydroxyl groups is 1. The highest BCUT2D eigenvalue weighted by molar-refractivity contribution is 5.28. The molecule has 0 aromatic heterocycles. The van der Waals surface area contributed by atoms with Crippen LogP contribution in [0.1, 0.15) is 28.4 Å². The third-order valence-corrected chi connectivity index (χ3v) is 3.13. The van der Waals surface area contributed by atoms with E-state index < -0.39 is 6.10 Å². The minimum atomic E-state index is -0.452. The summed E-state index contributed by atoms with van der Waals surface area (Å²) in [5.41, 5.74) is 4.77. The van der Waals surface area contributed by atoms with Gasteiger partial charge in [-0.15, -0.1) is 0 Å². The summed E-state index contributed by atoms with van der Waals surface area (Å²) in [6, 6.07) is 16.3. The molecule has 0 aliphatic rings. The van der Waals surface area contributed by atoms with Gasteiger partial charge < -0.3 is 10.4 Å². The predicted octanol–water partition coefficient (Wildman–Crippen LogP) is 3.13. The highest BCUT2D eigenvalue weighted by atomic mass is 16.3. The number of hydrogen-bond acceptors (Lipinski definition) is 2. The monoisotopic (exact) mass is 255 g/mol. The second-order valence-corrected chi connectivity index (χ2v) is 5.05. The van der Waals surface area contributed by atoms with Crippen molar-refractivity contribution in [3.63, 3.8) is 0 Å². The predicted molar refractivity (Wildman–Crippen MR) is 79.0 cm³/mol. The Morgan fingerprint density at radius 3 is 2.26 bits per heavy atom. The van der Waals surface area contributed by atoms with Crippen molar-refractivity contribution in [2.75, 3.05) is 6.54 Å². The van der Waals surface area contributed by atoms with Gasteiger partial charge in [-0.25, -0.2) is 0 Å². The molecule has 2 rings (SSSR count). The summed E-state index contributed by atoms with van der Waals surface area (Å²) >= 11 is 0. The van der Waals surface area contributed by atoms with Crippen molar-refractivity contribution in [1.29, 1.82) is 0 Å². The van der Waals surface area contributed by atoms with Crippen LogP contribution in [0.3, 0.4) is 0 Å². The summed E-state index contributed by atoms with van der Waals surface area (Å²) in [5, 5.41) is 13.3. The molecule has 1 unspecified atom stereocenters. The number of aliphatic hydroxyl groups excluding tert-OH is 1. The van der Waals surface area contributed by atoms with Gasteiger partial charge in [0.25, 0.3) is 0 Å². The van der Waals surface area contributed by atoms with Gasteiger partial charge in [0.2, 0.25) is 0 Å². The highest BCUT2D eigenvalue weighted by Crippen LogP contribution is 2.12. The smallest absolute Gasteiger partial charge is 0.0914 e. The van der Waals surface area contributed by atoms with E-state index in [9.17, 15) is 5.11 Å². The van der Waals surface area contributed by atoms with Gasteiger partial charge in [-0.3, -0.25) is 0 Å². The number of nitrogens with one attached hydrogen (secondary N) is 1. The maximum absolute atomic E-state index is 10.0. The van der Waals surface area contributed by atoms with Crippen molar-refractivity contribution >= 4 is 0 Å². The first-order valence-electron chi connectivity index (χ1n) is 6.66. The van der Waals surface area contributed by atoms with Crippen LogP contribution >= 0.6 is 0 Å². The van der Waals surface area contributed by atoms with Gasteiger partial charge >= 0.3 is 0 Å². The second kappa shape index (κ2) is 6.50. The van der Waals surface area contributed by atoms with Crippen molar-refractivity contribution in [3.8, 4) is 0 Å². The Morgan fingerprint density at radius 2 is 1.63 bits per heavy atom. The zero-order valence-electron chi connectivity index (χ0n) is 11.6. The molecule has 0 saturated carbocycles. The third-order valence-electron chi connectivity index (χ3n) is 3.13. The summed E-state index contributed by atoms with van der Waals surface area (Å²) in [5.74, 6) is 0. The zero-order valence-corrected chi connectivity index (χ0v) is 11.6. The van der Waals surface area contributed by atoms with E-state index in [1.165, 1.54) is 16.7 Å². The SMILES string of the molecule is Cc1cc(C)cc(CNCC(O)c2ccccc2)c1. The van der Waals surface area contributed by atoms with E-state index in [2.05, 4.69) is 37.4 Å². The van der Waals surface area contributed by atoms with Gasteiger partial charge in [0.1, 0.15) is 0 Å². The Kier molecular flexibility index (Phi) is 4.72. The standard InChI is InChI=1S/C17H21NO/c1-13-8-14(2)10-15(9-13)11-18-12-17(19)16-6-4-3-5-7-16/h3-10,17-19H,11-12H2,1-2H3. The molecule has 0 aliphatic carbocycles. The molecule has 0 bridgehead atoms. The van der Waals surface area contributed by atoms with Crippen LogP contribution < -0.4 is 5.32 Å². The van der Waals surface area contributed by atoms with Crippen LogP contribution in [-0.4, -0.2) is 11.7 Å². The van der Waals surface area contributed by atoms with Crippen LogP contribution in [0.2, 0.25) is 0 Å². The molecule has 0 amide bonds. The van der Waals surface area contributed by atoms with E-state index in [-0.39, 0.29) is 0 Å². The van der Waals surface area contributed by atoms with Crippen LogP contribution in [-0.2, 0) is 6.54 Å². The molecule has 19 heavy (non-hydrogen) atoms.